The molecule has 3 rings (SSSR count). The Bertz CT molecular complexity index is 489. The summed E-state index contributed by atoms with van der Waals surface area (Å²) in [6, 6.07) is 7.11. The molecule has 0 atom stereocenters. The van der Waals surface area contributed by atoms with Crippen LogP contribution in [-0.4, -0.2) is 0 Å². The summed E-state index contributed by atoms with van der Waals surface area (Å²) in [5, 5.41) is 0. The summed E-state index contributed by atoms with van der Waals surface area (Å²) in [6.07, 6.45) is 20.1. The first-order chi connectivity index (χ1) is 12.7. The molecule has 0 bridgehead atoms. The highest BCUT2D eigenvalue weighted by molar-refractivity contribution is 5.16. The Labute approximate surface area is 161 Å². The molecule has 0 heterocycles. The summed E-state index contributed by atoms with van der Waals surface area (Å²) in [5.74, 6) is 3.88. The number of hydrogen-bond acceptors (Lipinski definition) is 0. The second-order valence-electron chi connectivity index (χ2n) is 9.30. The van der Waals surface area contributed by atoms with Gasteiger partial charge in [0.2, 0.25) is 0 Å². The fraction of sp³-hybridized carbons (Fsp3) is 0.760. The fourth-order valence-corrected chi connectivity index (χ4v) is 5.52. The lowest BCUT2D eigenvalue weighted by molar-refractivity contribution is 0.209. The maximum absolute atomic E-state index is 13.0. The first kappa shape index (κ1) is 19.9. The van der Waals surface area contributed by atoms with Gasteiger partial charge in [0.1, 0.15) is 5.82 Å². The molecule has 2 aliphatic carbocycles. The third-order valence-corrected chi connectivity index (χ3v) is 7.37. The van der Waals surface area contributed by atoms with Gasteiger partial charge in [0.25, 0.3) is 0 Å². The normalized spacial score (nSPS) is 29.6. The summed E-state index contributed by atoms with van der Waals surface area (Å²) in [6.45, 7) is 2.34. The van der Waals surface area contributed by atoms with Crippen LogP contribution in [0.25, 0.3) is 0 Å². The Morgan fingerprint density at radius 1 is 0.654 bits per heavy atom. The molecule has 2 saturated carbocycles. The van der Waals surface area contributed by atoms with Crippen molar-refractivity contribution in [3.63, 3.8) is 0 Å². The minimum absolute atomic E-state index is 0.117. The Kier molecular flexibility index (Phi) is 8.02. The molecule has 0 nitrogen and oxygen atoms in total. The molecule has 2 fully saturated rings. The molecule has 2 aliphatic rings. The van der Waals surface area contributed by atoms with Crippen LogP contribution < -0.4 is 0 Å². The molecule has 0 aliphatic heterocycles. The number of hydrogen-bond donors (Lipinski definition) is 0. The van der Waals surface area contributed by atoms with Gasteiger partial charge in [-0.05, 0) is 54.2 Å². The molecule has 0 radical (unpaired) electrons. The van der Waals surface area contributed by atoms with Crippen molar-refractivity contribution in [1.29, 1.82) is 0 Å². The molecule has 0 saturated heterocycles. The van der Waals surface area contributed by atoms with Gasteiger partial charge in [-0.15, -0.1) is 0 Å². The van der Waals surface area contributed by atoms with E-state index < -0.39 is 0 Å². The van der Waals surface area contributed by atoms with E-state index in [1.54, 1.807) is 12.1 Å². The lowest BCUT2D eigenvalue weighted by Gasteiger charge is -2.32. The molecule has 0 unspecified atom stereocenters. The molecule has 0 aromatic heterocycles. The highest BCUT2D eigenvalue weighted by Gasteiger charge is 2.24. The van der Waals surface area contributed by atoms with Crippen molar-refractivity contribution in [3.8, 4) is 0 Å². The van der Waals surface area contributed by atoms with Crippen molar-refractivity contribution in [1.82, 2.24) is 0 Å². The van der Waals surface area contributed by atoms with Gasteiger partial charge in [0.15, 0.2) is 0 Å². The zero-order valence-electron chi connectivity index (χ0n) is 16.9. The summed E-state index contributed by atoms with van der Waals surface area (Å²) >= 11 is 0. The van der Waals surface area contributed by atoms with Crippen molar-refractivity contribution in [2.45, 2.75) is 96.8 Å². The molecule has 0 spiro atoms. The summed E-state index contributed by atoms with van der Waals surface area (Å²) in [5.41, 5.74) is 1.30. The number of benzene rings is 1. The van der Waals surface area contributed by atoms with Crippen LogP contribution in [0.5, 0.6) is 0 Å². The second-order valence-corrected chi connectivity index (χ2v) is 9.30. The lowest BCUT2D eigenvalue weighted by Crippen LogP contribution is -2.18. The number of rotatable bonds is 8. The number of halogens is 1. The molecule has 146 valence electrons. The van der Waals surface area contributed by atoms with E-state index in [-0.39, 0.29) is 5.82 Å². The predicted molar refractivity (Wildman–Crippen MR) is 110 cm³/mol. The molecule has 26 heavy (non-hydrogen) atoms. The maximum Gasteiger partial charge on any atom is 0.123 e. The van der Waals surface area contributed by atoms with Gasteiger partial charge in [0, 0.05) is 0 Å². The SMILES string of the molecule is CCCC1CCC(CCC2CCC(CCc3ccc(F)cc3)CC2)CC1. The van der Waals surface area contributed by atoms with Crippen LogP contribution in [0.3, 0.4) is 0 Å². The van der Waals surface area contributed by atoms with E-state index >= 15 is 0 Å². The first-order valence-corrected chi connectivity index (χ1v) is 11.5. The van der Waals surface area contributed by atoms with Gasteiger partial charge < -0.3 is 0 Å². The van der Waals surface area contributed by atoms with Gasteiger partial charge in [-0.25, -0.2) is 4.39 Å². The molecule has 1 heteroatoms. The van der Waals surface area contributed by atoms with E-state index in [0.29, 0.717) is 0 Å². The minimum atomic E-state index is -0.117. The van der Waals surface area contributed by atoms with Crippen molar-refractivity contribution < 1.29 is 4.39 Å². The van der Waals surface area contributed by atoms with E-state index in [2.05, 4.69) is 6.92 Å². The average molecular weight is 359 g/mol. The van der Waals surface area contributed by atoms with E-state index in [1.165, 1.54) is 89.0 Å². The molecule has 0 amide bonds. The Morgan fingerprint density at radius 3 is 1.54 bits per heavy atom. The van der Waals surface area contributed by atoms with Crippen molar-refractivity contribution in [2.75, 3.05) is 0 Å². The summed E-state index contributed by atoms with van der Waals surface area (Å²) in [4.78, 5) is 0. The highest BCUT2D eigenvalue weighted by Crippen LogP contribution is 2.38. The van der Waals surface area contributed by atoms with Crippen LogP contribution in [-0.2, 0) is 6.42 Å². The van der Waals surface area contributed by atoms with Crippen molar-refractivity contribution in [3.05, 3.63) is 35.6 Å². The van der Waals surface area contributed by atoms with Crippen molar-refractivity contribution >= 4 is 0 Å². The highest BCUT2D eigenvalue weighted by atomic mass is 19.1. The van der Waals surface area contributed by atoms with Crippen LogP contribution in [0.15, 0.2) is 24.3 Å². The molecule has 1 aromatic rings. The largest absolute Gasteiger partial charge is 0.207 e. The van der Waals surface area contributed by atoms with Crippen LogP contribution >= 0.6 is 0 Å². The zero-order valence-corrected chi connectivity index (χ0v) is 16.9. The van der Waals surface area contributed by atoms with Gasteiger partial charge in [0.05, 0.1) is 0 Å². The van der Waals surface area contributed by atoms with E-state index in [1.807, 2.05) is 12.1 Å². The molecule has 0 N–H and O–H groups in total. The maximum atomic E-state index is 13.0. The van der Waals surface area contributed by atoms with E-state index in [4.69, 9.17) is 0 Å². The standard InChI is InChI=1S/C25H39F/c1-2-3-20-4-6-21(7-5-20)8-9-22-10-12-23(13-11-22)14-15-24-16-18-25(26)19-17-24/h16-23H,2-15H2,1H3. The second kappa shape index (κ2) is 10.5. The van der Waals surface area contributed by atoms with Gasteiger partial charge in [-0.2, -0.15) is 0 Å². The van der Waals surface area contributed by atoms with Gasteiger partial charge >= 0.3 is 0 Å². The summed E-state index contributed by atoms with van der Waals surface area (Å²) < 4.78 is 13.0. The zero-order chi connectivity index (χ0) is 18.2. The smallest absolute Gasteiger partial charge is 0.123 e. The van der Waals surface area contributed by atoms with Crippen LogP contribution in [0.2, 0.25) is 0 Å². The Morgan fingerprint density at radius 2 is 1.08 bits per heavy atom. The van der Waals surface area contributed by atoms with Crippen LogP contribution in [0, 0.1) is 29.5 Å². The van der Waals surface area contributed by atoms with E-state index in [9.17, 15) is 4.39 Å². The van der Waals surface area contributed by atoms with Crippen LogP contribution in [0.1, 0.15) is 96.0 Å². The quantitative estimate of drug-likeness (QED) is 0.442. The van der Waals surface area contributed by atoms with Crippen molar-refractivity contribution in [2.24, 2.45) is 23.7 Å². The van der Waals surface area contributed by atoms with E-state index in [0.717, 1.165) is 30.1 Å². The average Bonchev–Trinajstić information content (AvgIpc) is 2.68. The van der Waals surface area contributed by atoms with Gasteiger partial charge in [-0.3, -0.25) is 0 Å². The van der Waals surface area contributed by atoms with Crippen LogP contribution in [0.4, 0.5) is 4.39 Å². The van der Waals surface area contributed by atoms with Gasteiger partial charge in [-0.1, -0.05) is 96.1 Å². The Balaban J connectivity index is 1.27. The lowest BCUT2D eigenvalue weighted by atomic mass is 9.74. The first-order valence-electron chi connectivity index (χ1n) is 11.5. The molecular weight excluding hydrogens is 319 g/mol. The molecular formula is C25H39F. The third kappa shape index (κ3) is 6.39. The third-order valence-electron chi connectivity index (χ3n) is 7.37. The summed E-state index contributed by atoms with van der Waals surface area (Å²) in [7, 11) is 0. The topological polar surface area (TPSA) is 0 Å². The monoisotopic (exact) mass is 358 g/mol. The Hall–Kier alpha value is -0.850. The minimum Gasteiger partial charge on any atom is -0.207 e. The predicted octanol–water partition coefficient (Wildman–Crippen LogP) is 7.95. The molecule has 1 aromatic carbocycles. The fourth-order valence-electron chi connectivity index (χ4n) is 5.52. The number of aryl methyl sites for hydroxylation is 1.